The van der Waals surface area contributed by atoms with Gasteiger partial charge in [-0.1, -0.05) is 12.8 Å². The Labute approximate surface area is 235 Å². The van der Waals surface area contributed by atoms with Gasteiger partial charge in [0.2, 0.25) is 11.8 Å². The molecule has 1 aliphatic carbocycles. The first-order chi connectivity index (χ1) is 19.4. The lowest BCUT2D eigenvalue weighted by molar-refractivity contribution is -0.132. The predicted molar refractivity (Wildman–Crippen MR) is 149 cm³/mol. The summed E-state index contributed by atoms with van der Waals surface area (Å²) >= 11 is 1.38. The van der Waals surface area contributed by atoms with Gasteiger partial charge < -0.3 is 18.8 Å². The number of carbonyl (C=O) groups is 2. The maximum Gasteiger partial charge on any atom is 0.263 e. The number of likely N-dealkylation sites (tertiary alicyclic amines) is 1. The minimum Gasteiger partial charge on any atom is -0.480 e. The number of hydrogen-bond acceptors (Lipinski definition) is 9. The molecule has 1 atom stereocenters. The van der Waals surface area contributed by atoms with Crippen molar-refractivity contribution in [1.82, 2.24) is 20.1 Å². The molecule has 2 amide bonds. The van der Waals surface area contributed by atoms with E-state index >= 15 is 0 Å². The number of rotatable bonds is 8. The van der Waals surface area contributed by atoms with Crippen molar-refractivity contribution in [3.05, 3.63) is 65.0 Å². The molecular formula is C29H29N5O5S. The fourth-order valence-electron chi connectivity index (χ4n) is 4.97. The van der Waals surface area contributed by atoms with Gasteiger partial charge >= 0.3 is 0 Å². The van der Waals surface area contributed by atoms with Gasteiger partial charge in [0.1, 0.15) is 17.2 Å². The van der Waals surface area contributed by atoms with E-state index in [1.54, 1.807) is 48.5 Å². The SMILES string of the molecule is Cc1cnc(NC(=O)c2cc(Oc3ccc(-c4nnc(C5CCCC5)o4)cc3)cc(OC3CCN(C)C3=O)c2)s1. The Morgan fingerprint density at radius 3 is 2.52 bits per heavy atom. The van der Waals surface area contributed by atoms with Crippen LogP contribution in [0.3, 0.4) is 0 Å². The van der Waals surface area contributed by atoms with E-state index in [2.05, 4.69) is 20.5 Å². The molecule has 1 saturated carbocycles. The van der Waals surface area contributed by atoms with Crippen molar-refractivity contribution in [2.24, 2.45) is 0 Å². The molecule has 2 fully saturated rings. The van der Waals surface area contributed by atoms with Crippen molar-refractivity contribution in [3.63, 3.8) is 0 Å². The molecule has 1 N–H and O–H groups in total. The first-order valence-electron chi connectivity index (χ1n) is 13.3. The van der Waals surface area contributed by atoms with Gasteiger partial charge in [-0.05, 0) is 56.2 Å². The summed E-state index contributed by atoms with van der Waals surface area (Å²) in [4.78, 5) is 32.3. The maximum atomic E-state index is 13.1. The smallest absolute Gasteiger partial charge is 0.263 e. The third-order valence-corrected chi connectivity index (χ3v) is 7.95. The highest BCUT2D eigenvalue weighted by Crippen LogP contribution is 2.35. The summed E-state index contributed by atoms with van der Waals surface area (Å²) in [6, 6.07) is 12.2. The maximum absolute atomic E-state index is 13.1. The van der Waals surface area contributed by atoms with Crippen LogP contribution in [0.4, 0.5) is 5.13 Å². The van der Waals surface area contributed by atoms with Crippen molar-refractivity contribution in [2.75, 3.05) is 18.9 Å². The molecular weight excluding hydrogens is 530 g/mol. The normalized spacial score (nSPS) is 17.4. The van der Waals surface area contributed by atoms with Crippen molar-refractivity contribution in [2.45, 2.75) is 51.0 Å². The van der Waals surface area contributed by atoms with Crippen molar-refractivity contribution < 1.29 is 23.5 Å². The minimum atomic E-state index is -0.611. The molecule has 40 heavy (non-hydrogen) atoms. The van der Waals surface area contributed by atoms with Gasteiger partial charge in [0, 0.05) is 54.2 Å². The lowest BCUT2D eigenvalue weighted by Crippen LogP contribution is -2.29. The summed E-state index contributed by atoms with van der Waals surface area (Å²) in [5, 5.41) is 11.8. The van der Waals surface area contributed by atoms with Crippen LogP contribution >= 0.6 is 11.3 Å². The van der Waals surface area contributed by atoms with Gasteiger partial charge in [0.25, 0.3) is 11.8 Å². The zero-order valence-electron chi connectivity index (χ0n) is 22.3. The summed E-state index contributed by atoms with van der Waals surface area (Å²) in [6.07, 6.45) is 6.23. The van der Waals surface area contributed by atoms with Crippen LogP contribution < -0.4 is 14.8 Å². The Balaban J connectivity index is 1.22. The summed E-state index contributed by atoms with van der Waals surface area (Å²) in [5.74, 6) is 2.40. The van der Waals surface area contributed by atoms with Gasteiger partial charge in [0.05, 0.1) is 0 Å². The van der Waals surface area contributed by atoms with E-state index in [1.807, 2.05) is 19.1 Å². The van der Waals surface area contributed by atoms with E-state index < -0.39 is 6.10 Å². The van der Waals surface area contributed by atoms with Gasteiger partial charge in [0.15, 0.2) is 11.2 Å². The van der Waals surface area contributed by atoms with Crippen LogP contribution in [0.2, 0.25) is 0 Å². The zero-order valence-corrected chi connectivity index (χ0v) is 23.1. The molecule has 3 heterocycles. The third kappa shape index (κ3) is 5.69. The molecule has 10 nitrogen and oxygen atoms in total. The second-order valence-corrected chi connectivity index (χ2v) is 11.4. The second kappa shape index (κ2) is 11.1. The highest BCUT2D eigenvalue weighted by Gasteiger charge is 2.31. The second-order valence-electron chi connectivity index (χ2n) is 10.1. The average Bonchev–Trinajstić information content (AvgIpc) is 3.76. The van der Waals surface area contributed by atoms with Crippen LogP contribution in [0.15, 0.2) is 53.1 Å². The van der Waals surface area contributed by atoms with Crippen LogP contribution in [0.25, 0.3) is 11.5 Å². The van der Waals surface area contributed by atoms with Gasteiger partial charge in [-0.25, -0.2) is 4.98 Å². The van der Waals surface area contributed by atoms with Gasteiger partial charge in [-0.15, -0.1) is 21.5 Å². The fourth-order valence-corrected chi connectivity index (χ4v) is 5.63. The van der Waals surface area contributed by atoms with Crippen LogP contribution in [-0.2, 0) is 4.79 Å². The molecule has 6 rings (SSSR count). The number of amides is 2. The number of thiazole rings is 1. The molecule has 2 aliphatic rings. The predicted octanol–water partition coefficient (Wildman–Crippen LogP) is 5.81. The van der Waals surface area contributed by atoms with Crippen LogP contribution in [-0.4, -0.2) is 51.6 Å². The number of nitrogens with zero attached hydrogens (tertiary/aromatic N) is 4. The van der Waals surface area contributed by atoms with Crippen LogP contribution in [0.1, 0.15) is 59.1 Å². The molecule has 206 valence electrons. The molecule has 1 unspecified atom stereocenters. The Morgan fingerprint density at radius 1 is 1.05 bits per heavy atom. The first kappa shape index (κ1) is 26.0. The molecule has 4 aromatic rings. The van der Waals surface area contributed by atoms with E-state index in [4.69, 9.17) is 13.9 Å². The molecule has 0 bridgehead atoms. The van der Waals surface area contributed by atoms with Crippen molar-refractivity contribution in [3.8, 4) is 28.7 Å². The Morgan fingerprint density at radius 2 is 1.82 bits per heavy atom. The Bertz CT molecular complexity index is 1530. The Hall–Kier alpha value is -4.25. The molecule has 2 aromatic carbocycles. The van der Waals surface area contributed by atoms with Crippen LogP contribution in [0.5, 0.6) is 17.2 Å². The number of anilines is 1. The lowest BCUT2D eigenvalue weighted by atomic mass is 10.1. The summed E-state index contributed by atoms with van der Waals surface area (Å²) < 4.78 is 18.1. The monoisotopic (exact) mass is 559 g/mol. The van der Waals surface area contributed by atoms with E-state index in [9.17, 15) is 9.59 Å². The van der Waals surface area contributed by atoms with E-state index in [1.165, 1.54) is 24.2 Å². The number of nitrogens with one attached hydrogen (secondary N) is 1. The summed E-state index contributed by atoms with van der Waals surface area (Å²) in [6.45, 7) is 2.53. The molecule has 11 heteroatoms. The summed E-state index contributed by atoms with van der Waals surface area (Å²) in [7, 11) is 1.74. The average molecular weight is 560 g/mol. The highest BCUT2D eigenvalue weighted by molar-refractivity contribution is 7.15. The molecule has 1 saturated heterocycles. The molecule has 2 aromatic heterocycles. The minimum absolute atomic E-state index is 0.0942. The zero-order chi connectivity index (χ0) is 27.6. The number of benzene rings is 2. The third-order valence-electron chi connectivity index (χ3n) is 7.12. The van der Waals surface area contributed by atoms with E-state index in [0.29, 0.717) is 58.6 Å². The van der Waals surface area contributed by atoms with Gasteiger partial charge in [-0.2, -0.15) is 0 Å². The largest absolute Gasteiger partial charge is 0.480 e. The fraction of sp³-hybridized carbons (Fsp3) is 0.345. The Kier molecular flexibility index (Phi) is 7.21. The molecule has 0 radical (unpaired) electrons. The molecule has 1 aliphatic heterocycles. The quantitative estimate of drug-likeness (QED) is 0.287. The number of ether oxygens (including phenoxy) is 2. The number of carbonyl (C=O) groups excluding carboxylic acids is 2. The first-order valence-corrected chi connectivity index (χ1v) is 14.1. The standard InChI is InChI=1S/C29H29N5O5S/c1-17-16-30-29(40-17)31-25(35)20-13-22(15-23(14-20)38-24-11-12-34(2)28(24)36)37-21-9-7-19(8-10-21)27-33-32-26(39-27)18-5-3-4-6-18/h7-10,13-16,18,24H,3-6,11-12H2,1-2H3,(H,30,31,35). The van der Waals surface area contributed by atoms with E-state index in [-0.39, 0.29) is 11.8 Å². The number of hydrogen-bond donors (Lipinski definition) is 1. The van der Waals surface area contributed by atoms with Gasteiger partial charge in [-0.3, -0.25) is 14.9 Å². The highest BCUT2D eigenvalue weighted by atomic mass is 32.1. The van der Waals surface area contributed by atoms with Crippen molar-refractivity contribution in [1.29, 1.82) is 0 Å². The topological polar surface area (TPSA) is 120 Å². The summed E-state index contributed by atoms with van der Waals surface area (Å²) in [5.41, 5.74) is 1.12. The molecule has 0 spiro atoms. The number of aryl methyl sites for hydroxylation is 1. The lowest BCUT2D eigenvalue weighted by Gasteiger charge is -2.15. The van der Waals surface area contributed by atoms with E-state index in [0.717, 1.165) is 23.3 Å². The number of likely N-dealkylation sites (N-methyl/N-ethyl adjacent to an activating group) is 1. The van der Waals surface area contributed by atoms with Crippen LogP contribution in [0, 0.1) is 6.92 Å². The van der Waals surface area contributed by atoms with Crippen molar-refractivity contribution >= 4 is 28.3 Å². The number of aromatic nitrogens is 3.